The molecule has 0 spiro atoms. The fraction of sp³-hybridized carbons (Fsp3) is 0.469. The van der Waals surface area contributed by atoms with E-state index in [0.717, 1.165) is 70.8 Å². The molecule has 0 saturated heterocycles. The number of fused-ring (bicyclic) bond motifs is 3. The predicted molar refractivity (Wildman–Crippen MR) is 144 cm³/mol. The fourth-order valence-electron chi connectivity index (χ4n) is 8.37. The van der Waals surface area contributed by atoms with E-state index in [1.807, 2.05) is 36.4 Å². The summed E-state index contributed by atoms with van der Waals surface area (Å²) in [5, 5.41) is 12.8. The minimum Gasteiger partial charge on any atom is -0.392 e. The van der Waals surface area contributed by atoms with Gasteiger partial charge >= 0.3 is 0 Å². The maximum absolute atomic E-state index is 13.1. The summed E-state index contributed by atoms with van der Waals surface area (Å²) in [4.78, 5) is 23.5. The lowest BCUT2D eigenvalue weighted by atomic mass is 9.48. The van der Waals surface area contributed by atoms with Crippen molar-refractivity contribution >= 4 is 11.7 Å². The minimum atomic E-state index is -0.0315. The SMILES string of the molecule is O=C(Cc1ccccc1)Nc1nc2c(nc1CC13CC4CC(CC(C4)C1)C3)-c1ccc(CO)cc1CC2. The van der Waals surface area contributed by atoms with Crippen molar-refractivity contribution in [3.05, 3.63) is 76.6 Å². The molecule has 190 valence electrons. The van der Waals surface area contributed by atoms with Gasteiger partial charge < -0.3 is 10.4 Å². The van der Waals surface area contributed by atoms with E-state index in [-0.39, 0.29) is 12.5 Å². The number of hydrogen-bond acceptors (Lipinski definition) is 4. The number of aliphatic hydroxyl groups is 1. The van der Waals surface area contributed by atoms with E-state index in [2.05, 4.69) is 17.4 Å². The van der Waals surface area contributed by atoms with Crippen molar-refractivity contribution in [3.8, 4) is 11.3 Å². The Balaban J connectivity index is 1.25. The van der Waals surface area contributed by atoms with Crippen LogP contribution in [0.1, 0.15) is 66.6 Å². The number of aryl methyl sites for hydroxylation is 2. The van der Waals surface area contributed by atoms with E-state index in [4.69, 9.17) is 9.97 Å². The number of hydrogen-bond donors (Lipinski definition) is 2. The largest absolute Gasteiger partial charge is 0.392 e. The molecule has 37 heavy (non-hydrogen) atoms. The fourth-order valence-corrected chi connectivity index (χ4v) is 8.37. The van der Waals surface area contributed by atoms with Crippen LogP contribution in [0.5, 0.6) is 0 Å². The summed E-state index contributed by atoms with van der Waals surface area (Å²) in [6, 6.07) is 16.1. The van der Waals surface area contributed by atoms with Crippen LogP contribution in [0.2, 0.25) is 0 Å². The summed E-state index contributed by atoms with van der Waals surface area (Å²) < 4.78 is 0. The van der Waals surface area contributed by atoms with Crippen molar-refractivity contribution < 1.29 is 9.90 Å². The second-order valence-electron chi connectivity index (χ2n) is 12.3. The number of nitrogens with one attached hydrogen (secondary N) is 1. The lowest BCUT2D eigenvalue weighted by Crippen LogP contribution is -2.47. The highest BCUT2D eigenvalue weighted by Gasteiger charge is 2.51. The molecular formula is C32H35N3O2. The average molecular weight is 494 g/mol. The summed E-state index contributed by atoms with van der Waals surface area (Å²) in [6.45, 7) is 0.0511. The van der Waals surface area contributed by atoms with E-state index >= 15 is 0 Å². The molecule has 1 aromatic heterocycles. The lowest BCUT2D eigenvalue weighted by Gasteiger charge is -2.57. The molecule has 2 aromatic carbocycles. The molecule has 0 unspecified atom stereocenters. The molecule has 1 amide bonds. The van der Waals surface area contributed by atoms with E-state index < -0.39 is 0 Å². The number of benzene rings is 2. The molecule has 4 bridgehead atoms. The maximum atomic E-state index is 13.1. The van der Waals surface area contributed by atoms with Gasteiger partial charge in [0.2, 0.25) is 5.91 Å². The van der Waals surface area contributed by atoms with E-state index in [1.165, 1.54) is 44.1 Å². The molecule has 8 rings (SSSR count). The molecule has 0 atom stereocenters. The molecule has 1 heterocycles. The van der Waals surface area contributed by atoms with Crippen molar-refractivity contribution in [3.63, 3.8) is 0 Å². The van der Waals surface area contributed by atoms with Crippen LogP contribution in [0.15, 0.2) is 48.5 Å². The second-order valence-corrected chi connectivity index (χ2v) is 12.3. The first-order chi connectivity index (χ1) is 18.1. The Kier molecular flexibility index (Phi) is 5.65. The Morgan fingerprint density at radius 3 is 2.35 bits per heavy atom. The lowest BCUT2D eigenvalue weighted by molar-refractivity contribution is -0.115. The Morgan fingerprint density at radius 2 is 1.65 bits per heavy atom. The van der Waals surface area contributed by atoms with Crippen molar-refractivity contribution in [2.45, 2.75) is 70.8 Å². The number of carbonyl (C=O) groups excluding carboxylic acids is 1. The van der Waals surface area contributed by atoms with Gasteiger partial charge in [0.05, 0.1) is 30.1 Å². The third-order valence-corrected chi connectivity index (χ3v) is 9.45. The zero-order valence-electron chi connectivity index (χ0n) is 21.4. The van der Waals surface area contributed by atoms with Gasteiger partial charge in [-0.15, -0.1) is 0 Å². The minimum absolute atomic E-state index is 0.0315. The van der Waals surface area contributed by atoms with E-state index in [1.54, 1.807) is 0 Å². The first-order valence-electron chi connectivity index (χ1n) is 14.0. The van der Waals surface area contributed by atoms with Gasteiger partial charge in [-0.25, -0.2) is 9.97 Å². The molecule has 2 N–H and O–H groups in total. The summed E-state index contributed by atoms with van der Waals surface area (Å²) in [7, 11) is 0. The molecule has 5 heteroatoms. The Bertz CT molecular complexity index is 1310. The molecule has 0 aliphatic heterocycles. The molecule has 4 fully saturated rings. The standard InChI is InChI=1S/C32H35N3O2/c36-19-21-6-8-26-25(13-21)7-9-27-30(26)33-28(18-32-15-22-10-23(16-32)12-24(11-22)17-32)31(34-27)35-29(37)14-20-4-2-1-3-5-20/h1-6,8,13,22-24,36H,7,9-12,14-19H2,(H,34,35,37). The van der Waals surface area contributed by atoms with E-state index in [9.17, 15) is 9.90 Å². The van der Waals surface area contributed by atoms with Crippen LogP contribution in [0.3, 0.4) is 0 Å². The molecule has 5 nitrogen and oxygen atoms in total. The Hall–Kier alpha value is -3.05. The number of amides is 1. The van der Waals surface area contributed by atoms with Gasteiger partial charge in [0.25, 0.3) is 0 Å². The van der Waals surface area contributed by atoms with Gasteiger partial charge in [-0.3, -0.25) is 4.79 Å². The number of aliphatic hydroxyl groups excluding tert-OH is 1. The number of rotatable bonds is 6. The average Bonchev–Trinajstić information content (AvgIpc) is 2.88. The quantitative estimate of drug-likeness (QED) is 0.464. The van der Waals surface area contributed by atoms with Crippen LogP contribution in [0, 0.1) is 23.2 Å². The third kappa shape index (κ3) is 4.37. The first kappa shape index (κ1) is 23.1. The zero-order chi connectivity index (χ0) is 25.0. The Morgan fingerprint density at radius 1 is 0.919 bits per heavy atom. The summed E-state index contributed by atoms with van der Waals surface area (Å²) in [5.74, 6) is 3.24. The van der Waals surface area contributed by atoms with Gasteiger partial charge in [0.1, 0.15) is 0 Å². The van der Waals surface area contributed by atoms with Gasteiger partial charge in [-0.1, -0.05) is 48.5 Å². The smallest absolute Gasteiger partial charge is 0.229 e. The van der Waals surface area contributed by atoms with Crippen LogP contribution < -0.4 is 5.32 Å². The highest BCUT2D eigenvalue weighted by atomic mass is 16.3. The Labute approximate surface area is 218 Å². The molecule has 0 radical (unpaired) electrons. The maximum Gasteiger partial charge on any atom is 0.229 e. The summed E-state index contributed by atoms with van der Waals surface area (Å²) in [5.41, 5.74) is 7.49. The molecule has 5 aliphatic rings. The van der Waals surface area contributed by atoms with Crippen LogP contribution in [0.4, 0.5) is 5.82 Å². The normalized spacial score (nSPS) is 27.0. The van der Waals surface area contributed by atoms with Gasteiger partial charge in [-0.2, -0.15) is 0 Å². The molecule has 4 saturated carbocycles. The number of carbonyl (C=O) groups is 1. The van der Waals surface area contributed by atoms with Crippen molar-refractivity contribution in [1.82, 2.24) is 9.97 Å². The second kappa shape index (κ2) is 9.05. The highest BCUT2D eigenvalue weighted by Crippen LogP contribution is 2.61. The number of nitrogens with zero attached hydrogens (tertiary/aromatic N) is 2. The van der Waals surface area contributed by atoms with E-state index in [0.29, 0.717) is 17.7 Å². The van der Waals surface area contributed by atoms with Gasteiger partial charge in [0.15, 0.2) is 5.82 Å². The van der Waals surface area contributed by atoms with Crippen LogP contribution >= 0.6 is 0 Å². The monoisotopic (exact) mass is 493 g/mol. The topological polar surface area (TPSA) is 75.1 Å². The summed E-state index contributed by atoms with van der Waals surface area (Å²) in [6.07, 6.45) is 11.0. The zero-order valence-corrected chi connectivity index (χ0v) is 21.4. The van der Waals surface area contributed by atoms with Crippen LogP contribution in [-0.4, -0.2) is 21.0 Å². The number of anilines is 1. The molecule has 3 aromatic rings. The summed E-state index contributed by atoms with van der Waals surface area (Å²) >= 11 is 0. The van der Waals surface area contributed by atoms with Gasteiger partial charge in [-0.05, 0) is 97.6 Å². The van der Waals surface area contributed by atoms with Crippen molar-refractivity contribution in [2.24, 2.45) is 23.2 Å². The highest BCUT2D eigenvalue weighted by molar-refractivity contribution is 5.92. The van der Waals surface area contributed by atoms with Crippen LogP contribution in [-0.2, 0) is 37.1 Å². The van der Waals surface area contributed by atoms with Crippen molar-refractivity contribution in [1.29, 1.82) is 0 Å². The van der Waals surface area contributed by atoms with Crippen molar-refractivity contribution in [2.75, 3.05) is 5.32 Å². The first-order valence-corrected chi connectivity index (χ1v) is 14.0. The molecular weight excluding hydrogens is 458 g/mol. The third-order valence-electron chi connectivity index (χ3n) is 9.45. The van der Waals surface area contributed by atoms with Gasteiger partial charge in [0, 0.05) is 5.56 Å². The predicted octanol–water partition coefficient (Wildman–Crippen LogP) is 5.67. The molecule has 5 aliphatic carbocycles. The van der Waals surface area contributed by atoms with Crippen LogP contribution in [0.25, 0.3) is 11.3 Å². The number of aromatic nitrogens is 2.